The predicted molar refractivity (Wildman–Crippen MR) is 93.1 cm³/mol. The molecule has 1 saturated heterocycles. The van der Waals surface area contributed by atoms with Gasteiger partial charge in [-0.05, 0) is 38.0 Å². The van der Waals surface area contributed by atoms with Gasteiger partial charge in [-0.15, -0.1) is 0 Å². The van der Waals surface area contributed by atoms with E-state index < -0.39 is 0 Å². The van der Waals surface area contributed by atoms with E-state index in [4.69, 9.17) is 0 Å². The van der Waals surface area contributed by atoms with E-state index in [0.717, 1.165) is 37.7 Å². The summed E-state index contributed by atoms with van der Waals surface area (Å²) in [7, 11) is 0. The molecule has 2 N–H and O–H groups in total. The quantitative estimate of drug-likeness (QED) is 0.870. The van der Waals surface area contributed by atoms with Crippen LogP contribution in [0.4, 0.5) is 11.8 Å². The van der Waals surface area contributed by atoms with Crippen molar-refractivity contribution in [2.75, 3.05) is 29.9 Å². The van der Waals surface area contributed by atoms with E-state index in [1.165, 1.54) is 0 Å². The van der Waals surface area contributed by atoms with Crippen LogP contribution in [-0.4, -0.2) is 46.5 Å². The van der Waals surface area contributed by atoms with E-state index in [1.54, 1.807) is 24.7 Å². The summed E-state index contributed by atoms with van der Waals surface area (Å²) in [5.74, 6) is 1.45. The van der Waals surface area contributed by atoms with Gasteiger partial charge >= 0.3 is 0 Å². The molecule has 24 heavy (non-hydrogen) atoms. The van der Waals surface area contributed by atoms with Gasteiger partial charge < -0.3 is 15.5 Å². The highest BCUT2D eigenvalue weighted by Gasteiger charge is 2.21. The zero-order valence-corrected chi connectivity index (χ0v) is 13.8. The fourth-order valence-corrected chi connectivity index (χ4v) is 2.82. The molecule has 0 bridgehead atoms. The van der Waals surface area contributed by atoms with Crippen LogP contribution in [0.5, 0.6) is 0 Å². The highest BCUT2D eigenvalue weighted by Crippen LogP contribution is 2.18. The van der Waals surface area contributed by atoms with Gasteiger partial charge in [-0.1, -0.05) is 0 Å². The van der Waals surface area contributed by atoms with Crippen molar-refractivity contribution in [1.82, 2.24) is 20.3 Å². The van der Waals surface area contributed by atoms with E-state index >= 15 is 0 Å². The molecular formula is C17H22N6O. The van der Waals surface area contributed by atoms with Crippen LogP contribution in [0.2, 0.25) is 0 Å². The van der Waals surface area contributed by atoms with Gasteiger partial charge in [0.15, 0.2) is 0 Å². The predicted octanol–water partition coefficient (Wildman–Crippen LogP) is 1.70. The topological polar surface area (TPSA) is 83.0 Å². The first-order chi connectivity index (χ1) is 11.8. The molecule has 0 saturated carbocycles. The van der Waals surface area contributed by atoms with Crippen molar-refractivity contribution in [2.45, 2.75) is 25.8 Å². The van der Waals surface area contributed by atoms with Gasteiger partial charge in [-0.3, -0.25) is 4.79 Å². The van der Waals surface area contributed by atoms with E-state index in [1.807, 2.05) is 19.1 Å². The molecule has 1 aliphatic heterocycles. The third-order valence-electron chi connectivity index (χ3n) is 3.97. The van der Waals surface area contributed by atoms with Crippen LogP contribution < -0.4 is 15.5 Å². The Hall–Kier alpha value is -2.70. The monoisotopic (exact) mass is 326 g/mol. The maximum absolute atomic E-state index is 11.8. The van der Waals surface area contributed by atoms with E-state index in [9.17, 15) is 4.79 Å². The zero-order chi connectivity index (χ0) is 16.8. The molecule has 2 aromatic heterocycles. The lowest BCUT2D eigenvalue weighted by Crippen LogP contribution is -2.43. The van der Waals surface area contributed by atoms with Crippen LogP contribution in [0.3, 0.4) is 0 Å². The Balaban J connectivity index is 1.60. The van der Waals surface area contributed by atoms with Gasteiger partial charge in [0.05, 0.1) is 5.56 Å². The molecule has 0 radical (unpaired) electrons. The summed E-state index contributed by atoms with van der Waals surface area (Å²) in [6.07, 6.45) is 7.28. The molecule has 7 nitrogen and oxygen atoms in total. The Morgan fingerprint density at radius 2 is 2.12 bits per heavy atom. The Kier molecular flexibility index (Phi) is 5.20. The molecule has 1 atom stereocenters. The van der Waals surface area contributed by atoms with E-state index in [-0.39, 0.29) is 11.9 Å². The molecule has 1 fully saturated rings. The SMILES string of the molecule is CCNC(=O)c1ccc(NC2CCCN(c3ncccn3)C2)nc1. The molecule has 0 aromatic carbocycles. The average Bonchev–Trinajstić information content (AvgIpc) is 2.63. The lowest BCUT2D eigenvalue weighted by atomic mass is 10.1. The van der Waals surface area contributed by atoms with Gasteiger partial charge in [0.1, 0.15) is 5.82 Å². The largest absolute Gasteiger partial charge is 0.366 e. The highest BCUT2D eigenvalue weighted by atomic mass is 16.1. The molecule has 126 valence electrons. The van der Waals surface area contributed by atoms with Crippen molar-refractivity contribution < 1.29 is 4.79 Å². The number of hydrogen-bond acceptors (Lipinski definition) is 6. The van der Waals surface area contributed by atoms with E-state index in [0.29, 0.717) is 12.1 Å². The minimum atomic E-state index is -0.0957. The van der Waals surface area contributed by atoms with Crippen molar-refractivity contribution in [3.05, 3.63) is 42.4 Å². The number of carbonyl (C=O) groups is 1. The first-order valence-corrected chi connectivity index (χ1v) is 8.29. The smallest absolute Gasteiger partial charge is 0.252 e. The Bertz CT molecular complexity index is 661. The number of anilines is 2. The fraction of sp³-hybridized carbons (Fsp3) is 0.412. The minimum Gasteiger partial charge on any atom is -0.366 e. The number of piperidine rings is 1. The van der Waals surface area contributed by atoms with E-state index in [2.05, 4.69) is 30.5 Å². The number of nitrogens with one attached hydrogen (secondary N) is 2. The molecule has 7 heteroatoms. The molecule has 1 unspecified atom stereocenters. The summed E-state index contributed by atoms with van der Waals surface area (Å²) < 4.78 is 0. The number of rotatable bonds is 5. The Morgan fingerprint density at radius 1 is 1.29 bits per heavy atom. The maximum atomic E-state index is 11.8. The molecular weight excluding hydrogens is 304 g/mol. The second kappa shape index (κ2) is 7.72. The summed E-state index contributed by atoms with van der Waals surface area (Å²) in [6.45, 7) is 4.31. The number of nitrogens with zero attached hydrogens (tertiary/aromatic N) is 4. The Morgan fingerprint density at radius 3 is 2.83 bits per heavy atom. The number of hydrogen-bond donors (Lipinski definition) is 2. The maximum Gasteiger partial charge on any atom is 0.252 e. The summed E-state index contributed by atoms with van der Waals surface area (Å²) in [5.41, 5.74) is 0.574. The minimum absolute atomic E-state index is 0.0957. The first-order valence-electron chi connectivity index (χ1n) is 8.29. The first kappa shape index (κ1) is 16.2. The summed E-state index contributed by atoms with van der Waals surface area (Å²) in [6, 6.07) is 5.75. The molecule has 3 heterocycles. The van der Waals surface area contributed by atoms with Crippen molar-refractivity contribution in [3.63, 3.8) is 0 Å². The number of carbonyl (C=O) groups excluding carboxylic acids is 1. The lowest BCUT2D eigenvalue weighted by Gasteiger charge is -2.33. The van der Waals surface area contributed by atoms with Gasteiger partial charge in [-0.2, -0.15) is 0 Å². The summed E-state index contributed by atoms with van der Waals surface area (Å²) in [5, 5.41) is 6.21. The van der Waals surface area contributed by atoms with Gasteiger partial charge in [-0.25, -0.2) is 15.0 Å². The van der Waals surface area contributed by atoms with Crippen LogP contribution in [0, 0.1) is 0 Å². The number of amides is 1. The normalized spacial score (nSPS) is 17.4. The second-order valence-corrected chi connectivity index (χ2v) is 5.77. The van der Waals surface area contributed by atoms with Crippen molar-refractivity contribution >= 4 is 17.7 Å². The molecule has 2 aromatic rings. The fourth-order valence-electron chi connectivity index (χ4n) is 2.82. The standard InChI is InChI=1S/C17H22N6O/c1-2-18-16(24)13-6-7-15(21-11-13)22-14-5-3-10-23(12-14)17-19-8-4-9-20-17/h4,6-9,11,14H,2-3,5,10,12H2,1H3,(H,18,24)(H,21,22). The third kappa shape index (κ3) is 3.98. The molecule has 3 rings (SSSR count). The molecule has 0 aliphatic carbocycles. The van der Waals surface area contributed by atoms with Crippen LogP contribution in [0.25, 0.3) is 0 Å². The molecule has 0 spiro atoms. The number of aromatic nitrogens is 3. The van der Waals surface area contributed by atoms with Crippen LogP contribution in [0.15, 0.2) is 36.8 Å². The van der Waals surface area contributed by atoms with Gasteiger partial charge in [0.25, 0.3) is 5.91 Å². The van der Waals surface area contributed by atoms with Crippen LogP contribution in [-0.2, 0) is 0 Å². The Labute approximate surface area is 141 Å². The second-order valence-electron chi connectivity index (χ2n) is 5.77. The third-order valence-corrected chi connectivity index (χ3v) is 3.97. The average molecular weight is 326 g/mol. The lowest BCUT2D eigenvalue weighted by molar-refractivity contribution is 0.0955. The highest BCUT2D eigenvalue weighted by molar-refractivity contribution is 5.93. The van der Waals surface area contributed by atoms with Gasteiger partial charge in [0, 0.05) is 44.3 Å². The summed E-state index contributed by atoms with van der Waals surface area (Å²) in [4.78, 5) is 26.9. The molecule has 1 amide bonds. The van der Waals surface area contributed by atoms with Crippen molar-refractivity contribution in [2.24, 2.45) is 0 Å². The number of pyridine rings is 1. The van der Waals surface area contributed by atoms with Crippen LogP contribution >= 0.6 is 0 Å². The van der Waals surface area contributed by atoms with Gasteiger partial charge in [0.2, 0.25) is 5.95 Å². The zero-order valence-electron chi connectivity index (χ0n) is 13.8. The summed E-state index contributed by atoms with van der Waals surface area (Å²) >= 11 is 0. The van der Waals surface area contributed by atoms with Crippen molar-refractivity contribution in [3.8, 4) is 0 Å². The van der Waals surface area contributed by atoms with Crippen LogP contribution in [0.1, 0.15) is 30.1 Å². The van der Waals surface area contributed by atoms with Crippen molar-refractivity contribution in [1.29, 1.82) is 0 Å². The molecule has 1 aliphatic rings.